The Morgan fingerprint density at radius 2 is 1.65 bits per heavy atom. The Labute approximate surface area is 90.8 Å². The molecule has 9 heteroatoms. The molecular formula is C8H4F5NO3. The molecule has 0 spiro atoms. The van der Waals surface area contributed by atoms with E-state index in [-0.39, 0.29) is 0 Å². The smallest absolute Gasteiger partial charge is 0.418 e. The summed E-state index contributed by atoms with van der Waals surface area (Å²) in [5, 5.41) is 10.4. The van der Waals surface area contributed by atoms with Crippen molar-refractivity contribution in [2.24, 2.45) is 0 Å². The van der Waals surface area contributed by atoms with Crippen LogP contribution in [0.25, 0.3) is 0 Å². The summed E-state index contributed by atoms with van der Waals surface area (Å²) in [6.45, 7) is 0. The molecule has 1 aromatic rings. The van der Waals surface area contributed by atoms with Gasteiger partial charge in [0.05, 0.1) is 4.92 Å². The summed E-state index contributed by atoms with van der Waals surface area (Å²) in [5.41, 5.74) is -0.976. The predicted molar refractivity (Wildman–Crippen MR) is 44.7 cm³/mol. The number of nitro groups is 1. The highest BCUT2D eigenvalue weighted by atomic mass is 19.4. The number of rotatable bonds is 3. The quantitative estimate of drug-likeness (QED) is 0.475. The molecule has 0 aliphatic heterocycles. The van der Waals surface area contributed by atoms with Gasteiger partial charge in [-0.15, -0.1) is 0 Å². The van der Waals surface area contributed by atoms with Crippen LogP contribution in [0.5, 0.6) is 5.75 Å². The van der Waals surface area contributed by atoms with Gasteiger partial charge in [0.25, 0.3) is 0 Å². The van der Waals surface area contributed by atoms with Crippen molar-refractivity contribution in [3.63, 3.8) is 0 Å². The van der Waals surface area contributed by atoms with Crippen LogP contribution < -0.4 is 4.74 Å². The van der Waals surface area contributed by atoms with Crippen LogP contribution in [0.15, 0.2) is 24.3 Å². The molecule has 0 atom stereocenters. The summed E-state index contributed by atoms with van der Waals surface area (Å²) in [5.74, 6) is -1.15. The van der Waals surface area contributed by atoms with Crippen molar-refractivity contribution in [2.45, 2.75) is 12.3 Å². The van der Waals surface area contributed by atoms with E-state index >= 15 is 0 Å². The van der Waals surface area contributed by atoms with Gasteiger partial charge in [-0.2, -0.15) is 22.0 Å². The van der Waals surface area contributed by atoms with Gasteiger partial charge >= 0.3 is 18.0 Å². The molecule has 1 rings (SSSR count). The molecule has 0 radical (unpaired) electrons. The average Bonchev–Trinajstić information content (AvgIpc) is 2.15. The summed E-state index contributed by atoms with van der Waals surface area (Å²) < 4.78 is 63.8. The van der Waals surface area contributed by atoms with Crippen molar-refractivity contribution in [1.82, 2.24) is 0 Å². The third-order valence-electron chi connectivity index (χ3n) is 1.63. The van der Waals surface area contributed by atoms with E-state index < -0.39 is 28.6 Å². The molecule has 0 aromatic heterocycles. The lowest BCUT2D eigenvalue weighted by Gasteiger charge is -2.19. The van der Waals surface area contributed by atoms with E-state index in [0.717, 1.165) is 18.2 Å². The Balaban J connectivity index is 3.08. The fourth-order valence-electron chi connectivity index (χ4n) is 0.890. The number of ether oxygens (including phenoxy) is 1. The lowest BCUT2D eigenvalue weighted by Crippen LogP contribution is -2.42. The minimum atomic E-state index is -5.95. The molecule has 0 aliphatic carbocycles. The average molecular weight is 257 g/mol. The number of nitrogens with zero attached hydrogens (tertiary/aromatic N) is 1. The topological polar surface area (TPSA) is 52.4 Å². The first-order valence-corrected chi connectivity index (χ1v) is 4.02. The first kappa shape index (κ1) is 13.1. The zero-order valence-electron chi connectivity index (χ0n) is 7.87. The molecule has 94 valence electrons. The summed E-state index contributed by atoms with van der Waals surface area (Å²) in [6.07, 6.45) is -11.4. The fourth-order valence-corrected chi connectivity index (χ4v) is 0.890. The first-order valence-electron chi connectivity index (χ1n) is 4.02. The van der Waals surface area contributed by atoms with Gasteiger partial charge < -0.3 is 4.74 Å². The lowest BCUT2D eigenvalue weighted by molar-refractivity contribution is -0.393. The number of para-hydroxylation sites is 2. The van der Waals surface area contributed by atoms with Gasteiger partial charge in [0.15, 0.2) is 0 Å². The zero-order valence-corrected chi connectivity index (χ0v) is 7.87. The molecule has 0 aliphatic rings. The molecule has 0 bridgehead atoms. The van der Waals surface area contributed by atoms with E-state index in [1.165, 1.54) is 0 Å². The van der Waals surface area contributed by atoms with Crippen LogP contribution in [0.4, 0.5) is 27.6 Å². The van der Waals surface area contributed by atoms with Crippen molar-refractivity contribution in [3.05, 3.63) is 34.4 Å². The summed E-state index contributed by atoms with van der Waals surface area (Å²) >= 11 is 0. The van der Waals surface area contributed by atoms with E-state index in [9.17, 15) is 32.1 Å². The van der Waals surface area contributed by atoms with E-state index in [1.54, 1.807) is 0 Å². The van der Waals surface area contributed by atoms with Crippen molar-refractivity contribution in [1.29, 1.82) is 0 Å². The van der Waals surface area contributed by atoms with Crippen LogP contribution in [-0.4, -0.2) is 17.2 Å². The van der Waals surface area contributed by atoms with Gasteiger partial charge in [-0.1, -0.05) is 12.1 Å². The van der Waals surface area contributed by atoms with Crippen molar-refractivity contribution >= 4 is 5.69 Å². The molecular weight excluding hydrogens is 253 g/mol. The molecule has 0 N–H and O–H groups in total. The Morgan fingerprint density at radius 1 is 1.12 bits per heavy atom. The first-order chi connectivity index (χ1) is 7.65. The van der Waals surface area contributed by atoms with Crippen molar-refractivity contribution < 1.29 is 31.6 Å². The van der Waals surface area contributed by atoms with Gasteiger partial charge in [0.2, 0.25) is 5.75 Å². The highest BCUT2D eigenvalue weighted by molar-refractivity contribution is 5.45. The number of hydrogen-bond acceptors (Lipinski definition) is 3. The molecule has 0 saturated heterocycles. The summed E-state index contributed by atoms with van der Waals surface area (Å²) in [4.78, 5) is 9.23. The highest BCUT2D eigenvalue weighted by Crippen LogP contribution is 2.39. The Kier molecular flexibility index (Phi) is 3.21. The van der Waals surface area contributed by atoms with Crippen molar-refractivity contribution in [2.75, 3.05) is 0 Å². The number of nitro benzene ring substituents is 1. The fraction of sp³-hybridized carbons (Fsp3) is 0.250. The summed E-state index contributed by atoms with van der Waals surface area (Å²) in [7, 11) is 0. The maximum atomic E-state index is 12.5. The molecule has 0 unspecified atom stereocenters. The molecule has 17 heavy (non-hydrogen) atoms. The Morgan fingerprint density at radius 3 is 2.12 bits per heavy atom. The van der Waals surface area contributed by atoms with Crippen LogP contribution in [0.1, 0.15) is 0 Å². The Hall–Kier alpha value is -1.93. The van der Waals surface area contributed by atoms with Crippen LogP contribution in [0.3, 0.4) is 0 Å². The second-order valence-electron chi connectivity index (χ2n) is 2.84. The number of alkyl halides is 5. The normalized spacial score (nSPS) is 12.3. The van der Waals surface area contributed by atoms with Gasteiger partial charge in [-0.3, -0.25) is 10.1 Å². The van der Waals surface area contributed by atoms with Crippen LogP contribution in [0, 0.1) is 10.1 Å². The van der Waals surface area contributed by atoms with E-state index in [2.05, 4.69) is 4.74 Å². The lowest BCUT2D eigenvalue weighted by atomic mass is 10.3. The van der Waals surface area contributed by atoms with Gasteiger partial charge in [-0.05, 0) is 6.07 Å². The molecule has 0 amide bonds. The van der Waals surface area contributed by atoms with Crippen LogP contribution in [-0.2, 0) is 0 Å². The molecule has 4 nitrogen and oxygen atoms in total. The number of benzene rings is 1. The molecule has 1 aromatic carbocycles. The maximum Gasteiger partial charge on any atom is 0.499 e. The van der Waals surface area contributed by atoms with Gasteiger partial charge in [0, 0.05) is 6.07 Å². The number of halogens is 5. The SMILES string of the molecule is O=[N+]([O-])c1ccccc1OC(F)(F)C(F)(F)F. The third kappa shape index (κ3) is 2.80. The minimum Gasteiger partial charge on any atom is -0.418 e. The largest absolute Gasteiger partial charge is 0.499 e. The highest BCUT2D eigenvalue weighted by Gasteiger charge is 2.61. The third-order valence-corrected chi connectivity index (χ3v) is 1.63. The van der Waals surface area contributed by atoms with Crippen LogP contribution in [0.2, 0.25) is 0 Å². The van der Waals surface area contributed by atoms with Crippen molar-refractivity contribution in [3.8, 4) is 5.75 Å². The molecule has 0 heterocycles. The minimum absolute atomic E-state index is 0.651. The monoisotopic (exact) mass is 257 g/mol. The van der Waals surface area contributed by atoms with Gasteiger partial charge in [0.1, 0.15) is 0 Å². The number of hydrogen-bond donors (Lipinski definition) is 0. The summed E-state index contributed by atoms with van der Waals surface area (Å²) in [6, 6.07) is 3.55. The zero-order chi connectivity index (χ0) is 13.3. The standard InChI is InChI=1S/C8H4F5NO3/c9-7(10,11)8(12,13)17-6-4-2-1-3-5(6)14(15)16/h1-4H. The predicted octanol–water partition coefficient (Wildman–Crippen LogP) is 3.13. The van der Waals surface area contributed by atoms with Crippen LogP contribution >= 0.6 is 0 Å². The van der Waals surface area contributed by atoms with E-state index in [1.807, 2.05) is 0 Å². The molecule has 0 saturated carbocycles. The van der Waals surface area contributed by atoms with E-state index in [4.69, 9.17) is 0 Å². The van der Waals surface area contributed by atoms with Gasteiger partial charge in [-0.25, -0.2) is 0 Å². The molecule has 0 fully saturated rings. The Bertz CT molecular complexity index is 431. The maximum absolute atomic E-state index is 12.5. The second-order valence-corrected chi connectivity index (χ2v) is 2.84. The second kappa shape index (κ2) is 4.15. The van der Waals surface area contributed by atoms with E-state index in [0.29, 0.717) is 6.07 Å².